The first-order chi connectivity index (χ1) is 7.69. The van der Waals surface area contributed by atoms with E-state index in [1.54, 1.807) is 7.11 Å². The minimum absolute atomic E-state index is 0.878. The second-order valence-electron chi connectivity index (χ2n) is 3.54. The fraction of sp³-hybridized carbons (Fsp3) is 0.273. The summed E-state index contributed by atoms with van der Waals surface area (Å²) in [7, 11) is 1.68. The lowest BCUT2D eigenvalue weighted by molar-refractivity contribution is 0.349. The first kappa shape index (κ1) is 12.0. The molecule has 0 radical (unpaired) electrons. The molecule has 1 aliphatic heterocycles. The minimum Gasteiger partial charge on any atom is -0.497 e. The lowest BCUT2D eigenvalue weighted by Crippen LogP contribution is -2.19. The molecule has 0 N–H and O–H groups in total. The summed E-state index contributed by atoms with van der Waals surface area (Å²) in [6.07, 6.45) is 4.17. The molecule has 0 spiro atoms. The van der Waals surface area contributed by atoms with Gasteiger partial charge in [0, 0.05) is 23.4 Å². The normalized spacial score (nSPS) is 14.7. The quantitative estimate of drug-likeness (QED) is 0.577. The van der Waals surface area contributed by atoms with Crippen LogP contribution < -0.4 is 4.74 Å². The Morgan fingerprint density at radius 2 is 2.25 bits per heavy atom. The van der Waals surface area contributed by atoms with E-state index in [9.17, 15) is 0 Å². The molecule has 1 aliphatic rings. The van der Waals surface area contributed by atoms with Crippen molar-refractivity contribution in [2.24, 2.45) is 0 Å². The molecule has 0 bridgehead atoms. The van der Waals surface area contributed by atoms with E-state index in [0.717, 1.165) is 23.4 Å². The summed E-state index contributed by atoms with van der Waals surface area (Å²) in [6, 6.07) is 6.07. The van der Waals surface area contributed by atoms with Crippen LogP contribution in [0, 0.1) is 0 Å². The first-order valence-corrected chi connectivity index (χ1v) is 6.62. The second kappa shape index (κ2) is 5.27. The molecule has 0 aromatic heterocycles. The molecular weight excluding hydrogens is 383 g/mol. The predicted octanol–water partition coefficient (Wildman–Crippen LogP) is 3.35. The molecule has 0 atom stereocenters. The van der Waals surface area contributed by atoms with Gasteiger partial charge in [-0.3, -0.25) is 0 Å². The Kier molecular flexibility index (Phi) is 3.96. The molecular formula is C11H12BrIN2O. The summed E-state index contributed by atoms with van der Waals surface area (Å²) >= 11 is 5.85. The van der Waals surface area contributed by atoms with Crippen LogP contribution in [0.4, 0.5) is 0 Å². The Labute approximate surface area is 118 Å². The summed E-state index contributed by atoms with van der Waals surface area (Å²) in [5, 5.41) is 0. The summed E-state index contributed by atoms with van der Waals surface area (Å²) in [4.78, 5) is 2.25. The van der Waals surface area contributed by atoms with Crippen molar-refractivity contribution >= 4 is 38.8 Å². The van der Waals surface area contributed by atoms with Gasteiger partial charge in [0.05, 0.1) is 36.6 Å². The van der Waals surface area contributed by atoms with Gasteiger partial charge in [0.25, 0.3) is 0 Å². The zero-order valence-electron chi connectivity index (χ0n) is 8.86. The van der Waals surface area contributed by atoms with Crippen molar-refractivity contribution in [1.29, 1.82) is 0 Å². The number of ether oxygens (including phenoxy) is 1. The number of hydrogen-bond donors (Lipinski definition) is 0. The second-order valence-corrected chi connectivity index (χ2v) is 5.64. The van der Waals surface area contributed by atoms with Crippen molar-refractivity contribution in [3.63, 3.8) is 0 Å². The van der Waals surface area contributed by atoms with E-state index in [1.165, 1.54) is 5.56 Å². The van der Waals surface area contributed by atoms with E-state index >= 15 is 0 Å². The maximum Gasteiger partial charge on any atom is 0.120 e. The largest absolute Gasteiger partial charge is 0.497 e. The number of benzene rings is 1. The molecule has 2 rings (SSSR count). The maximum absolute atomic E-state index is 5.17. The van der Waals surface area contributed by atoms with Gasteiger partial charge in [0.2, 0.25) is 0 Å². The van der Waals surface area contributed by atoms with Crippen molar-refractivity contribution in [3.8, 4) is 5.75 Å². The van der Waals surface area contributed by atoms with Gasteiger partial charge in [-0.05, 0) is 17.7 Å². The van der Waals surface area contributed by atoms with Crippen LogP contribution >= 0.6 is 38.8 Å². The highest BCUT2D eigenvalue weighted by Gasteiger charge is 2.11. The zero-order valence-corrected chi connectivity index (χ0v) is 12.6. The third-order valence-electron chi connectivity index (χ3n) is 2.39. The fourth-order valence-electron chi connectivity index (χ4n) is 1.54. The monoisotopic (exact) mass is 394 g/mol. The topological polar surface area (TPSA) is 15.7 Å². The van der Waals surface area contributed by atoms with Crippen LogP contribution in [0.5, 0.6) is 5.75 Å². The molecule has 0 saturated heterocycles. The fourth-order valence-corrected chi connectivity index (χ4v) is 2.56. The molecule has 1 aromatic rings. The summed E-state index contributed by atoms with van der Waals surface area (Å²) in [5.41, 5.74) is 1.26. The third kappa shape index (κ3) is 2.82. The lowest BCUT2D eigenvalue weighted by Gasteiger charge is -2.18. The molecule has 0 saturated carbocycles. The molecule has 0 unspecified atom stereocenters. The van der Waals surface area contributed by atoms with Crippen LogP contribution in [0.3, 0.4) is 0 Å². The van der Waals surface area contributed by atoms with E-state index in [1.807, 2.05) is 12.1 Å². The molecule has 0 fully saturated rings. The summed E-state index contributed by atoms with van der Waals surface area (Å²) in [5.74, 6) is 0.878. The van der Waals surface area contributed by atoms with Gasteiger partial charge in [0.1, 0.15) is 5.75 Å². The Balaban J connectivity index is 2.07. The van der Waals surface area contributed by atoms with Crippen LogP contribution in [-0.4, -0.2) is 21.8 Å². The Bertz CT molecular complexity index is 411. The standard InChI is InChI=1S/C11H12BrIN2O/c1-16-10-3-2-9(11(12)6-10)7-14-4-5-15(13)8-14/h2-6H,7-8H2,1H3. The van der Waals surface area contributed by atoms with Gasteiger partial charge < -0.3 is 12.8 Å². The van der Waals surface area contributed by atoms with Crippen molar-refractivity contribution in [1.82, 2.24) is 8.01 Å². The smallest absolute Gasteiger partial charge is 0.120 e. The average Bonchev–Trinajstić information content (AvgIpc) is 2.67. The Morgan fingerprint density at radius 3 is 2.81 bits per heavy atom. The SMILES string of the molecule is COc1ccc(CN2C=CN(I)C2)c(Br)c1. The number of methoxy groups -OCH3 is 1. The van der Waals surface area contributed by atoms with E-state index in [2.05, 4.69) is 65.3 Å². The predicted molar refractivity (Wildman–Crippen MR) is 76.1 cm³/mol. The molecule has 86 valence electrons. The van der Waals surface area contributed by atoms with Crippen LogP contribution in [0.2, 0.25) is 0 Å². The lowest BCUT2D eigenvalue weighted by atomic mass is 10.2. The average molecular weight is 395 g/mol. The Morgan fingerprint density at radius 1 is 1.44 bits per heavy atom. The number of nitrogens with zero attached hydrogens (tertiary/aromatic N) is 2. The molecule has 1 heterocycles. The van der Waals surface area contributed by atoms with Crippen LogP contribution in [0.15, 0.2) is 35.1 Å². The van der Waals surface area contributed by atoms with Gasteiger partial charge in [-0.15, -0.1) is 0 Å². The molecule has 1 aromatic carbocycles. The van der Waals surface area contributed by atoms with Crippen molar-refractivity contribution in [2.75, 3.05) is 13.8 Å². The molecule has 3 nitrogen and oxygen atoms in total. The van der Waals surface area contributed by atoms with Gasteiger partial charge in [-0.25, -0.2) is 0 Å². The number of hydrogen-bond acceptors (Lipinski definition) is 3. The van der Waals surface area contributed by atoms with Gasteiger partial charge in [-0.1, -0.05) is 22.0 Å². The van der Waals surface area contributed by atoms with E-state index in [0.29, 0.717) is 0 Å². The van der Waals surface area contributed by atoms with Crippen molar-refractivity contribution in [2.45, 2.75) is 6.54 Å². The number of halogens is 2. The van der Waals surface area contributed by atoms with Crippen LogP contribution in [0.1, 0.15) is 5.56 Å². The highest BCUT2D eigenvalue weighted by Crippen LogP contribution is 2.25. The first-order valence-electron chi connectivity index (χ1n) is 4.86. The highest BCUT2D eigenvalue weighted by atomic mass is 127. The molecule has 0 aliphatic carbocycles. The van der Waals surface area contributed by atoms with Crippen LogP contribution in [0.25, 0.3) is 0 Å². The van der Waals surface area contributed by atoms with E-state index in [-0.39, 0.29) is 0 Å². The van der Waals surface area contributed by atoms with Crippen LogP contribution in [-0.2, 0) is 6.54 Å². The summed E-state index contributed by atoms with van der Waals surface area (Å²) in [6.45, 7) is 1.83. The highest BCUT2D eigenvalue weighted by molar-refractivity contribution is 14.1. The van der Waals surface area contributed by atoms with Crippen molar-refractivity contribution < 1.29 is 4.74 Å². The summed E-state index contributed by atoms with van der Waals surface area (Å²) < 4.78 is 8.38. The van der Waals surface area contributed by atoms with E-state index < -0.39 is 0 Å². The van der Waals surface area contributed by atoms with E-state index in [4.69, 9.17) is 4.74 Å². The zero-order chi connectivity index (χ0) is 11.5. The number of rotatable bonds is 3. The maximum atomic E-state index is 5.17. The Hall–Kier alpha value is -0.430. The molecule has 0 amide bonds. The van der Waals surface area contributed by atoms with Gasteiger partial charge >= 0.3 is 0 Å². The van der Waals surface area contributed by atoms with Crippen molar-refractivity contribution in [3.05, 3.63) is 40.6 Å². The third-order valence-corrected chi connectivity index (χ3v) is 3.75. The molecule has 5 heteroatoms. The van der Waals surface area contributed by atoms with Gasteiger partial charge in [-0.2, -0.15) is 0 Å². The minimum atomic E-state index is 0.878. The van der Waals surface area contributed by atoms with Gasteiger partial charge in [0.15, 0.2) is 0 Å². The molecule has 16 heavy (non-hydrogen) atoms.